The quantitative estimate of drug-likeness (QED) is 0.442. The van der Waals surface area contributed by atoms with Crippen LogP contribution in [0.5, 0.6) is 0 Å². The van der Waals surface area contributed by atoms with Gasteiger partial charge in [-0.05, 0) is 26.2 Å². The van der Waals surface area contributed by atoms with Crippen molar-refractivity contribution in [2.45, 2.75) is 109 Å². The first-order chi connectivity index (χ1) is 12.1. The normalized spacial score (nSPS) is 33.6. The van der Waals surface area contributed by atoms with Crippen molar-refractivity contribution in [3.05, 3.63) is 0 Å². The van der Waals surface area contributed by atoms with E-state index in [2.05, 4.69) is 22.1 Å². The molecule has 3 N–H and O–H groups in total. The molecule has 25 heavy (non-hydrogen) atoms. The van der Waals surface area contributed by atoms with Gasteiger partial charge in [-0.3, -0.25) is 20.0 Å². The summed E-state index contributed by atoms with van der Waals surface area (Å²) < 4.78 is 2.36. The number of nitrogens with zero attached hydrogens (tertiary/aromatic N) is 1. The van der Waals surface area contributed by atoms with Gasteiger partial charge in [-0.2, -0.15) is 0 Å². The van der Waals surface area contributed by atoms with Crippen molar-refractivity contribution >= 4 is 11.9 Å². The van der Waals surface area contributed by atoms with Gasteiger partial charge >= 0.3 is 11.9 Å². The van der Waals surface area contributed by atoms with E-state index in [1.165, 1.54) is 51.4 Å². The van der Waals surface area contributed by atoms with Crippen LogP contribution in [-0.2, 0) is 4.79 Å². The number of hydrogen-bond acceptors (Lipinski definition) is 3. The monoisotopic (exact) mass is 350 g/mol. The van der Waals surface area contributed by atoms with E-state index in [-0.39, 0.29) is 18.0 Å². The largest absolute Gasteiger partial charge is 0.481 e. The van der Waals surface area contributed by atoms with Crippen molar-refractivity contribution in [1.82, 2.24) is 10.6 Å². The Morgan fingerprint density at radius 3 is 2.56 bits per heavy atom. The zero-order valence-electron chi connectivity index (χ0n) is 16.0. The van der Waals surface area contributed by atoms with E-state index in [1.54, 1.807) is 0 Å². The Hall–Kier alpha value is -1.26. The maximum absolute atomic E-state index is 11.7. The van der Waals surface area contributed by atoms with E-state index < -0.39 is 5.97 Å². The van der Waals surface area contributed by atoms with Gasteiger partial charge in [0.2, 0.25) is 0 Å². The summed E-state index contributed by atoms with van der Waals surface area (Å²) in [6, 6.07) is 1.24. The van der Waals surface area contributed by atoms with E-state index in [1.807, 2.05) is 6.92 Å². The highest BCUT2D eigenvalue weighted by Crippen LogP contribution is 2.34. The van der Waals surface area contributed by atoms with Crippen LogP contribution < -0.4 is 10.6 Å². The summed E-state index contributed by atoms with van der Waals surface area (Å²) in [7, 11) is 0. The Labute approximate surface area is 152 Å². The van der Waals surface area contributed by atoms with Crippen molar-refractivity contribution in [2.75, 3.05) is 0 Å². The van der Waals surface area contributed by atoms with Gasteiger partial charge in [0.05, 0.1) is 24.2 Å². The second kappa shape index (κ2) is 8.41. The maximum Gasteiger partial charge on any atom is 0.346 e. The number of carboxylic acid groups (broad SMARTS) is 1. The molecule has 1 saturated heterocycles. The predicted octanol–water partition coefficient (Wildman–Crippen LogP) is 3.08. The summed E-state index contributed by atoms with van der Waals surface area (Å²) in [5, 5.41) is 16.7. The highest BCUT2D eigenvalue weighted by molar-refractivity contribution is 5.80. The lowest BCUT2D eigenvalue weighted by Crippen LogP contribution is -2.66. The Morgan fingerprint density at radius 1 is 1.12 bits per heavy atom. The van der Waals surface area contributed by atoms with Gasteiger partial charge in [0.25, 0.3) is 0 Å². The number of unbranched alkanes of at least 4 members (excludes halogenated alkanes) is 6. The Kier molecular flexibility index (Phi) is 6.24. The fourth-order valence-corrected chi connectivity index (χ4v) is 5.17. The van der Waals surface area contributed by atoms with E-state index >= 15 is 0 Å². The first-order valence-corrected chi connectivity index (χ1v) is 10.5. The minimum absolute atomic E-state index is 0.00249. The van der Waals surface area contributed by atoms with Gasteiger partial charge in [-0.25, -0.2) is 0 Å². The molecule has 0 bridgehead atoms. The number of carbonyl (C=O) groups is 1. The van der Waals surface area contributed by atoms with Gasteiger partial charge in [0, 0.05) is 6.42 Å². The molecule has 0 aromatic heterocycles. The summed E-state index contributed by atoms with van der Waals surface area (Å²) in [4.78, 5) is 11.7. The molecule has 0 saturated carbocycles. The summed E-state index contributed by atoms with van der Waals surface area (Å²) in [6.45, 7) is 4.28. The van der Waals surface area contributed by atoms with Crippen LogP contribution >= 0.6 is 0 Å². The highest BCUT2D eigenvalue weighted by Gasteiger charge is 2.52. The zero-order valence-corrected chi connectivity index (χ0v) is 16.0. The topological polar surface area (TPSA) is 64.4 Å². The van der Waals surface area contributed by atoms with Crippen molar-refractivity contribution < 1.29 is 14.5 Å². The molecule has 3 rings (SSSR count). The molecule has 0 amide bonds. The highest BCUT2D eigenvalue weighted by atomic mass is 16.4. The smallest absolute Gasteiger partial charge is 0.346 e. The first-order valence-electron chi connectivity index (χ1n) is 10.5. The third kappa shape index (κ3) is 4.12. The lowest BCUT2D eigenvalue weighted by Gasteiger charge is -2.37. The molecule has 142 valence electrons. The minimum Gasteiger partial charge on any atom is -0.481 e. The number of aliphatic carboxylic acids is 1. The van der Waals surface area contributed by atoms with Gasteiger partial charge in [-0.1, -0.05) is 51.9 Å². The fourth-order valence-electron chi connectivity index (χ4n) is 5.17. The van der Waals surface area contributed by atoms with Gasteiger partial charge in [-0.15, -0.1) is 0 Å². The molecule has 0 aromatic carbocycles. The molecule has 0 radical (unpaired) electrons. The van der Waals surface area contributed by atoms with Crippen LogP contribution in [0, 0.1) is 5.92 Å². The van der Waals surface area contributed by atoms with Crippen molar-refractivity contribution in [3.8, 4) is 0 Å². The summed E-state index contributed by atoms with van der Waals surface area (Å²) in [5.74, 6) is 0.154. The molecule has 0 aromatic rings. The molecule has 3 aliphatic rings. The molecular weight excluding hydrogens is 314 g/mol. The number of rotatable bonds is 9. The third-order valence-corrected chi connectivity index (χ3v) is 6.46. The average molecular weight is 351 g/mol. The lowest BCUT2D eigenvalue weighted by atomic mass is 9.90. The van der Waals surface area contributed by atoms with Crippen LogP contribution in [0.25, 0.3) is 0 Å². The number of guanidine groups is 1. The predicted molar refractivity (Wildman–Crippen MR) is 100.0 cm³/mol. The standard InChI is InChI=1S/C20H35N3O2/c1-3-4-5-6-7-8-9-10-15-13-16-11-12-17-18(19(24)25)14(2)21-20(22-15)23(16)17/h14-18H,3-13H2,1-2H3,(H2,21,22,24,25)/p+1/t14-,15-,16+,17+,18-/m1/s1. The van der Waals surface area contributed by atoms with Gasteiger partial charge in [0.1, 0.15) is 5.92 Å². The van der Waals surface area contributed by atoms with E-state index in [0.717, 1.165) is 25.2 Å². The molecule has 5 nitrogen and oxygen atoms in total. The van der Waals surface area contributed by atoms with Crippen LogP contribution in [0.3, 0.4) is 0 Å². The molecule has 5 atom stereocenters. The number of carboxylic acids is 1. The zero-order chi connectivity index (χ0) is 17.8. The molecule has 1 fully saturated rings. The van der Waals surface area contributed by atoms with E-state index in [4.69, 9.17) is 0 Å². The molecule has 0 aliphatic carbocycles. The van der Waals surface area contributed by atoms with Crippen molar-refractivity contribution in [2.24, 2.45) is 5.92 Å². The minimum atomic E-state index is -0.658. The first kappa shape index (κ1) is 18.5. The van der Waals surface area contributed by atoms with Crippen LogP contribution in [0.15, 0.2) is 0 Å². The van der Waals surface area contributed by atoms with Crippen molar-refractivity contribution in [3.63, 3.8) is 0 Å². The third-order valence-electron chi connectivity index (χ3n) is 6.46. The Bertz CT molecular complexity index is 505. The fraction of sp³-hybridized carbons (Fsp3) is 0.900. The van der Waals surface area contributed by atoms with Gasteiger partial charge < -0.3 is 5.11 Å². The van der Waals surface area contributed by atoms with E-state index in [9.17, 15) is 9.90 Å². The number of nitrogens with one attached hydrogen (secondary N) is 2. The average Bonchev–Trinajstić information content (AvgIpc) is 2.98. The number of hydrogen-bond donors (Lipinski definition) is 3. The molecule has 0 unspecified atom stereocenters. The lowest BCUT2D eigenvalue weighted by molar-refractivity contribution is -0.598. The van der Waals surface area contributed by atoms with Crippen molar-refractivity contribution in [1.29, 1.82) is 0 Å². The van der Waals surface area contributed by atoms with Gasteiger partial charge in [0.15, 0.2) is 0 Å². The van der Waals surface area contributed by atoms with Crippen LogP contribution in [0.2, 0.25) is 0 Å². The second-order valence-corrected chi connectivity index (χ2v) is 8.34. The molecular formula is C20H36N3O2+. The summed E-state index contributed by atoms with van der Waals surface area (Å²) >= 11 is 0. The molecule has 0 spiro atoms. The summed E-state index contributed by atoms with van der Waals surface area (Å²) in [5.41, 5.74) is 0. The molecule has 5 heteroatoms. The van der Waals surface area contributed by atoms with Crippen LogP contribution in [0.4, 0.5) is 0 Å². The Morgan fingerprint density at radius 2 is 1.84 bits per heavy atom. The second-order valence-electron chi connectivity index (χ2n) is 8.34. The van der Waals surface area contributed by atoms with Crippen LogP contribution in [0.1, 0.15) is 84.5 Å². The SMILES string of the molecule is CCCCCCCCC[C@@H]1C[C@@H]2CC[C@H]3[C@H](C(=O)O)[C@@H](C)NC(=[N+]23)N1. The molecule has 3 aliphatic heterocycles. The Balaban J connectivity index is 1.50. The van der Waals surface area contributed by atoms with Crippen LogP contribution in [-0.4, -0.2) is 45.8 Å². The molecule has 3 heterocycles. The maximum atomic E-state index is 11.7. The summed E-state index contributed by atoms with van der Waals surface area (Å²) in [6.07, 6.45) is 14.1. The van der Waals surface area contributed by atoms with E-state index in [0.29, 0.717) is 12.1 Å².